The Hall–Kier alpha value is -0.910. The molecule has 4 nitrogen and oxygen atoms in total. The van der Waals surface area contributed by atoms with Gasteiger partial charge in [0.25, 0.3) is 0 Å². The van der Waals surface area contributed by atoms with Gasteiger partial charge in [-0.1, -0.05) is 0 Å². The number of benzene rings is 1. The molecule has 0 aromatic heterocycles. The van der Waals surface area contributed by atoms with Gasteiger partial charge < -0.3 is 19.5 Å². The van der Waals surface area contributed by atoms with Gasteiger partial charge in [0.15, 0.2) is 11.5 Å². The van der Waals surface area contributed by atoms with Crippen LogP contribution in [0.4, 0.5) is 0 Å². The first-order valence-electron chi connectivity index (χ1n) is 6.89. The fourth-order valence-corrected chi connectivity index (χ4v) is 3.02. The fraction of sp³-hybridized carbons (Fsp3) is 0.600. The third kappa shape index (κ3) is 3.81. The lowest BCUT2D eigenvalue weighted by Gasteiger charge is -2.15. The Morgan fingerprint density at radius 3 is 2.65 bits per heavy atom. The molecule has 1 unspecified atom stereocenters. The third-order valence-electron chi connectivity index (χ3n) is 3.50. The number of hydrogen-bond acceptors (Lipinski definition) is 5. The van der Waals surface area contributed by atoms with Crippen molar-refractivity contribution in [2.24, 2.45) is 0 Å². The van der Waals surface area contributed by atoms with E-state index in [1.165, 1.54) is 16.9 Å². The zero-order valence-electron chi connectivity index (χ0n) is 12.4. The van der Waals surface area contributed by atoms with Gasteiger partial charge in [-0.2, -0.15) is 0 Å². The van der Waals surface area contributed by atoms with E-state index in [-0.39, 0.29) is 0 Å². The lowest BCUT2D eigenvalue weighted by molar-refractivity contribution is 0.110. The second kappa shape index (κ2) is 7.76. The average Bonchev–Trinajstić information content (AvgIpc) is 2.99. The van der Waals surface area contributed by atoms with Crippen LogP contribution in [0.5, 0.6) is 11.5 Å². The van der Waals surface area contributed by atoms with Gasteiger partial charge in [-0.05, 0) is 36.8 Å². The normalized spacial score (nSPS) is 18.2. The molecule has 0 aliphatic carbocycles. The Labute approximate surface area is 125 Å². The van der Waals surface area contributed by atoms with Gasteiger partial charge >= 0.3 is 0 Å². The molecular weight excluding hydrogens is 274 g/mol. The van der Waals surface area contributed by atoms with Gasteiger partial charge in [0.1, 0.15) is 0 Å². The van der Waals surface area contributed by atoms with Crippen molar-refractivity contribution in [2.45, 2.75) is 30.4 Å². The molecular formula is C15H23NO3S. The molecule has 5 heteroatoms. The highest BCUT2D eigenvalue weighted by atomic mass is 32.2. The highest BCUT2D eigenvalue weighted by Gasteiger charge is 2.15. The molecule has 1 atom stereocenters. The molecule has 0 spiro atoms. The van der Waals surface area contributed by atoms with Crippen LogP contribution in [0, 0.1) is 0 Å². The molecule has 0 radical (unpaired) electrons. The van der Waals surface area contributed by atoms with Gasteiger partial charge in [-0.3, -0.25) is 0 Å². The molecule has 2 rings (SSSR count). The summed E-state index contributed by atoms with van der Waals surface area (Å²) in [4.78, 5) is 1.21. The molecule has 1 aromatic rings. The summed E-state index contributed by atoms with van der Waals surface area (Å²) in [7, 11) is 3.33. The van der Waals surface area contributed by atoms with E-state index in [9.17, 15) is 0 Å². The van der Waals surface area contributed by atoms with Gasteiger partial charge in [0, 0.05) is 24.6 Å². The van der Waals surface area contributed by atoms with Gasteiger partial charge in [0.05, 0.1) is 20.3 Å². The minimum absolute atomic E-state index is 0.368. The second-order valence-corrected chi connectivity index (χ2v) is 5.63. The van der Waals surface area contributed by atoms with Crippen molar-refractivity contribution >= 4 is 11.8 Å². The van der Waals surface area contributed by atoms with Crippen molar-refractivity contribution in [3.8, 4) is 11.5 Å². The Bertz CT molecular complexity index is 433. The molecule has 1 aromatic carbocycles. The highest BCUT2D eigenvalue weighted by Crippen LogP contribution is 2.34. The van der Waals surface area contributed by atoms with Crippen LogP contribution in [0.3, 0.4) is 0 Å². The first kappa shape index (κ1) is 15.5. The van der Waals surface area contributed by atoms with Crippen molar-refractivity contribution in [3.63, 3.8) is 0 Å². The highest BCUT2D eigenvalue weighted by molar-refractivity contribution is 7.98. The van der Waals surface area contributed by atoms with Crippen LogP contribution < -0.4 is 14.8 Å². The smallest absolute Gasteiger partial charge is 0.161 e. The van der Waals surface area contributed by atoms with Crippen molar-refractivity contribution < 1.29 is 14.2 Å². The predicted octanol–water partition coefficient (Wildman–Crippen LogP) is 2.69. The topological polar surface area (TPSA) is 39.7 Å². The maximum absolute atomic E-state index is 5.62. The Kier molecular flexibility index (Phi) is 6.01. The van der Waals surface area contributed by atoms with E-state index >= 15 is 0 Å². The second-order valence-electron chi connectivity index (χ2n) is 4.78. The monoisotopic (exact) mass is 297 g/mol. The largest absolute Gasteiger partial charge is 0.493 e. The van der Waals surface area contributed by atoms with Crippen molar-refractivity contribution in [1.82, 2.24) is 5.32 Å². The maximum Gasteiger partial charge on any atom is 0.161 e. The molecule has 0 saturated carbocycles. The molecule has 1 N–H and O–H groups in total. The SMILES string of the molecule is COc1cc(CNCC2CCCO2)c(SC)cc1OC. The van der Waals surface area contributed by atoms with E-state index in [1.54, 1.807) is 26.0 Å². The number of methoxy groups -OCH3 is 2. The van der Waals surface area contributed by atoms with Crippen LogP contribution in [0.15, 0.2) is 17.0 Å². The average molecular weight is 297 g/mol. The number of thioether (sulfide) groups is 1. The molecule has 0 amide bonds. The standard InChI is InChI=1S/C15H23NO3S/c1-17-13-7-11(15(20-3)8-14(13)18-2)9-16-10-12-5-4-6-19-12/h7-8,12,16H,4-6,9-10H2,1-3H3. The Balaban J connectivity index is 2.01. The van der Waals surface area contributed by atoms with Crippen LogP contribution in [-0.2, 0) is 11.3 Å². The minimum Gasteiger partial charge on any atom is -0.493 e. The first-order valence-corrected chi connectivity index (χ1v) is 8.12. The van der Waals surface area contributed by atoms with Gasteiger partial charge in [-0.15, -0.1) is 11.8 Å². The van der Waals surface area contributed by atoms with Gasteiger partial charge in [0.2, 0.25) is 0 Å². The summed E-state index contributed by atoms with van der Waals surface area (Å²) >= 11 is 1.72. The number of nitrogens with one attached hydrogen (secondary N) is 1. The molecule has 1 saturated heterocycles. The quantitative estimate of drug-likeness (QED) is 0.784. The Morgan fingerprint density at radius 2 is 2.05 bits per heavy atom. The molecule has 1 aliphatic heterocycles. The molecule has 1 aliphatic rings. The molecule has 1 fully saturated rings. The summed E-state index contributed by atoms with van der Waals surface area (Å²) in [5.74, 6) is 1.55. The first-order chi connectivity index (χ1) is 9.78. The molecule has 112 valence electrons. The summed E-state index contributed by atoms with van der Waals surface area (Å²) in [5.41, 5.74) is 1.23. The minimum atomic E-state index is 0.368. The zero-order valence-corrected chi connectivity index (χ0v) is 13.2. The van der Waals surface area contributed by atoms with Gasteiger partial charge in [-0.25, -0.2) is 0 Å². The van der Waals surface area contributed by atoms with Crippen LogP contribution in [0.2, 0.25) is 0 Å². The van der Waals surface area contributed by atoms with E-state index < -0.39 is 0 Å². The zero-order chi connectivity index (χ0) is 14.4. The third-order valence-corrected chi connectivity index (χ3v) is 4.32. The van der Waals surface area contributed by atoms with E-state index in [0.29, 0.717) is 6.10 Å². The van der Waals surface area contributed by atoms with Crippen LogP contribution >= 0.6 is 11.8 Å². The molecule has 20 heavy (non-hydrogen) atoms. The Morgan fingerprint density at radius 1 is 1.30 bits per heavy atom. The van der Waals surface area contributed by atoms with Crippen LogP contribution in [0.25, 0.3) is 0 Å². The predicted molar refractivity (Wildman–Crippen MR) is 82.0 cm³/mol. The summed E-state index contributed by atoms with van der Waals surface area (Å²) in [6.07, 6.45) is 4.78. The van der Waals surface area contributed by atoms with Crippen LogP contribution in [0.1, 0.15) is 18.4 Å². The number of hydrogen-bond donors (Lipinski definition) is 1. The van der Waals surface area contributed by atoms with E-state index in [4.69, 9.17) is 14.2 Å². The number of rotatable bonds is 7. The summed E-state index contributed by atoms with van der Waals surface area (Å²) < 4.78 is 16.3. The van der Waals surface area contributed by atoms with Crippen molar-refractivity contribution in [2.75, 3.05) is 33.6 Å². The summed E-state index contributed by atoms with van der Waals surface area (Å²) in [6, 6.07) is 4.08. The maximum atomic E-state index is 5.62. The lowest BCUT2D eigenvalue weighted by Crippen LogP contribution is -2.26. The van der Waals surface area contributed by atoms with Crippen LogP contribution in [-0.4, -0.2) is 39.7 Å². The summed E-state index contributed by atoms with van der Waals surface area (Å²) in [6.45, 7) is 2.62. The summed E-state index contributed by atoms with van der Waals surface area (Å²) in [5, 5.41) is 3.47. The van der Waals surface area contributed by atoms with E-state index in [2.05, 4.69) is 11.6 Å². The molecule has 0 bridgehead atoms. The fourth-order valence-electron chi connectivity index (χ4n) is 2.40. The molecule has 1 heterocycles. The van der Waals surface area contributed by atoms with E-state index in [1.807, 2.05) is 12.1 Å². The number of ether oxygens (including phenoxy) is 3. The van der Waals surface area contributed by atoms with Crippen molar-refractivity contribution in [3.05, 3.63) is 17.7 Å². The van der Waals surface area contributed by atoms with E-state index in [0.717, 1.165) is 37.6 Å². The van der Waals surface area contributed by atoms with Crippen molar-refractivity contribution in [1.29, 1.82) is 0 Å². The lowest BCUT2D eigenvalue weighted by atomic mass is 10.2.